The van der Waals surface area contributed by atoms with Gasteiger partial charge in [-0.3, -0.25) is 4.79 Å². The number of carbonyl (C=O) groups excluding carboxylic acids is 1. The molecule has 0 spiro atoms. The molecule has 100 valence electrons. The summed E-state index contributed by atoms with van der Waals surface area (Å²) in [5, 5.41) is 4.58. The van der Waals surface area contributed by atoms with Gasteiger partial charge in [-0.1, -0.05) is 42.5 Å². The molecule has 1 heterocycles. The summed E-state index contributed by atoms with van der Waals surface area (Å²) in [6.45, 7) is 1.87. The van der Waals surface area contributed by atoms with Crippen molar-refractivity contribution in [1.29, 1.82) is 0 Å². The summed E-state index contributed by atoms with van der Waals surface area (Å²) in [6.07, 6.45) is 0. The molecule has 0 fully saturated rings. The van der Waals surface area contributed by atoms with Gasteiger partial charge in [0.2, 0.25) is 5.78 Å². The largest absolute Gasteiger partial charge is 0.322 e. The van der Waals surface area contributed by atoms with E-state index < -0.39 is 0 Å². The van der Waals surface area contributed by atoms with Gasteiger partial charge in [0.05, 0.1) is 6.04 Å². The zero-order valence-electron chi connectivity index (χ0n) is 11.0. The van der Waals surface area contributed by atoms with Crippen LogP contribution in [0, 0.1) is 0 Å². The third-order valence-corrected chi connectivity index (χ3v) is 4.22. The van der Waals surface area contributed by atoms with Crippen molar-refractivity contribution >= 4 is 27.9 Å². The number of nitrogens with zero attached hydrogens (tertiary/aromatic N) is 1. The zero-order valence-corrected chi connectivity index (χ0v) is 11.9. The van der Waals surface area contributed by atoms with Crippen molar-refractivity contribution in [2.75, 3.05) is 0 Å². The fraction of sp³-hybridized carbons (Fsp3) is 0.125. The highest BCUT2D eigenvalue weighted by atomic mass is 32.1. The van der Waals surface area contributed by atoms with E-state index in [0.717, 1.165) is 15.8 Å². The predicted octanol–water partition coefficient (Wildman–Crippen LogP) is 3.55. The SMILES string of the molecule is CC(N)c1nc(C(=O)c2cccc3ccccc23)cs1. The van der Waals surface area contributed by atoms with Crippen molar-refractivity contribution in [3.63, 3.8) is 0 Å². The first kappa shape index (κ1) is 13.0. The predicted molar refractivity (Wildman–Crippen MR) is 82.1 cm³/mol. The second kappa shape index (κ2) is 5.15. The molecule has 0 aliphatic rings. The van der Waals surface area contributed by atoms with E-state index in [0.29, 0.717) is 11.3 Å². The lowest BCUT2D eigenvalue weighted by Gasteiger charge is -2.04. The van der Waals surface area contributed by atoms with Crippen LogP contribution in [0.1, 0.15) is 34.0 Å². The van der Waals surface area contributed by atoms with E-state index in [2.05, 4.69) is 4.98 Å². The third-order valence-electron chi connectivity index (χ3n) is 3.18. The zero-order chi connectivity index (χ0) is 14.1. The molecule has 0 saturated heterocycles. The lowest BCUT2D eigenvalue weighted by Crippen LogP contribution is -2.07. The van der Waals surface area contributed by atoms with Gasteiger partial charge in [0.15, 0.2) is 0 Å². The van der Waals surface area contributed by atoms with Crippen LogP contribution in [0.25, 0.3) is 10.8 Å². The molecule has 0 bridgehead atoms. The Morgan fingerprint density at radius 3 is 2.70 bits per heavy atom. The summed E-state index contributed by atoms with van der Waals surface area (Å²) in [4.78, 5) is 16.9. The van der Waals surface area contributed by atoms with Crippen molar-refractivity contribution in [2.45, 2.75) is 13.0 Å². The third kappa shape index (κ3) is 2.24. The summed E-state index contributed by atoms with van der Waals surface area (Å²) in [6, 6.07) is 13.5. The van der Waals surface area contributed by atoms with Gasteiger partial charge in [0.1, 0.15) is 10.7 Å². The average Bonchev–Trinajstić information content (AvgIpc) is 2.96. The monoisotopic (exact) mass is 282 g/mol. The maximum absolute atomic E-state index is 12.6. The number of rotatable bonds is 3. The molecule has 4 heteroatoms. The Morgan fingerprint density at radius 2 is 1.95 bits per heavy atom. The van der Waals surface area contributed by atoms with Crippen LogP contribution in [0.4, 0.5) is 0 Å². The molecule has 0 saturated carbocycles. The highest BCUT2D eigenvalue weighted by Gasteiger charge is 2.16. The number of fused-ring (bicyclic) bond motifs is 1. The number of hydrogen-bond acceptors (Lipinski definition) is 4. The normalized spacial score (nSPS) is 12.5. The molecule has 2 N–H and O–H groups in total. The summed E-state index contributed by atoms with van der Waals surface area (Å²) >= 11 is 1.43. The van der Waals surface area contributed by atoms with Gasteiger partial charge in [0.25, 0.3) is 0 Å². The molecule has 20 heavy (non-hydrogen) atoms. The van der Waals surface area contributed by atoms with Crippen LogP contribution < -0.4 is 5.73 Å². The lowest BCUT2D eigenvalue weighted by atomic mass is 10.0. The minimum Gasteiger partial charge on any atom is -0.322 e. The maximum Gasteiger partial charge on any atom is 0.212 e. The Morgan fingerprint density at radius 1 is 1.20 bits per heavy atom. The van der Waals surface area contributed by atoms with Crippen LogP contribution in [0.2, 0.25) is 0 Å². The van der Waals surface area contributed by atoms with E-state index in [4.69, 9.17) is 5.73 Å². The Labute approximate surface area is 121 Å². The standard InChI is InChI=1S/C16H14N2OS/c1-10(17)16-18-14(9-20-16)15(19)13-8-4-6-11-5-2-3-7-12(11)13/h2-10H,17H2,1H3. The van der Waals surface area contributed by atoms with E-state index in [1.165, 1.54) is 11.3 Å². The quantitative estimate of drug-likeness (QED) is 0.747. The minimum atomic E-state index is -0.144. The van der Waals surface area contributed by atoms with Gasteiger partial charge < -0.3 is 5.73 Å². The first-order valence-corrected chi connectivity index (χ1v) is 7.28. The number of aromatic nitrogens is 1. The molecule has 0 aliphatic heterocycles. The Hall–Kier alpha value is -2.04. The molecular weight excluding hydrogens is 268 g/mol. The topological polar surface area (TPSA) is 56.0 Å². The van der Waals surface area contributed by atoms with Crippen molar-refractivity contribution in [3.05, 3.63) is 64.1 Å². The maximum atomic E-state index is 12.6. The molecule has 3 aromatic rings. The van der Waals surface area contributed by atoms with Crippen LogP contribution in [-0.2, 0) is 0 Å². The van der Waals surface area contributed by atoms with E-state index in [9.17, 15) is 4.79 Å². The van der Waals surface area contributed by atoms with E-state index in [1.807, 2.05) is 49.4 Å². The first-order chi connectivity index (χ1) is 9.66. The van der Waals surface area contributed by atoms with Crippen molar-refractivity contribution in [3.8, 4) is 0 Å². The van der Waals surface area contributed by atoms with E-state index >= 15 is 0 Å². The number of ketones is 1. The molecule has 1 atom stereocenters. The number of hydrogen-bond donors (Lipinski definition) is 1. The Balaban J connectivity index is 2.08. The fourth-order valence-corrected chi connectivity index (χ4v) is 2.92. The molecule has 3 rings (SSSR count). The summed E-state index contributed by atoms with van der Waals surface area (Å²) in [7, 11) is 0. The van der Waals surface area contributed by atoms with Gasteiger partial charge >= 0.3 is 0 Å². The minimum absolute atomic E-state index is 0.0510. The molecular formula is C16H14N2OS. The Kier molecular flexibility index (Phi) is 3.34. The van der Waals surface area contributed by atoms with Crippen LogP contribution in [0.3, 0.4) is 0 Å². The number of thiazole rings is 1. The second-order valence-electron chi connectivity index (χ2n) is 4.72. The van der Waals surface area contributed by atoms with Crippen LogP contribution in [-0.4, -0.2) is 10.8 Å². The molecule has 0 radical (unpaired) electrons. The molecule has 3 nitrogen and oxygen atoms in total. The van der Waals surface area contributed by atoms with Gasteiger partial charge in [-0.25, -0.2) is 4.98 Å². The summed E-state index contributed by atoms with van der Waals surface area (Å²) in [5.74, 6) is -0.0510. The number of carbonyl (C=O) groups is 1. The van der Waals surface area contributed by atoms with Crippen LogP contribution >= 0.6 is 11.3 Å². The highest BCUT2D eigenvalue weighted by Crippen LogP contribution is 2.23. The van der Waals surface area contributed by atoms with Gasteiger partial charge in [-0.15, -0.1) is 11.3 Å². The molecule has 2 aromatic carbocycles. The van der Waals surface area contributed by atoms with E-state index in [-0.39, 0.29) is 11.8 Å². The fourth-order valence-electron chi connectivity index (χ4n) is 2.16. The first-order valence-electron chi connectivity index (χ1n) is 6.40. The molecule has 0 amide bonds. The van der Waals surface area contributed by atoms with Gasteiger partial charge in [0, 0.05) is 10.9 Å². The second-order valence-corrected chi connectivity index (χ2v) is 5.61. The summed E-state index contributed by atoms with van der Waals surface area (Å²) < 4.78 is 0. The van der Waals surface area contributed by atoms with Crippen molar-refractivity contribution in [1.82, 2.24) is 4.98 Å². The van der Waals surface area contributed by atoms with Gasteiger partial charge in [-0.05, 0) is 17.7 Å². The smallest absolute Gasteiger partial charge is 0.212 e. The van der Waals surface area contributed by atoms with Crippen molar-refractivity contribution in [2.24, 2.45) is 5.73 Å². The molecule has 1 unspecified atom stereocenters. The lowest BCUT2D eigenvalue weighted by molar-refractivity contribution is 0.103. The van der Waals surface area contributed by atoms with Crippen molar-refractivity contribution < 1.29 is 4.79 Å². The van der Waals surface area contributed by atoms with Gasteiger partial charge in [-0.2, -0.15) is 0 Å². The number of benzene rings is 2. The Bertz CT molecular complexity index is 772. The molecule has 0 aliphatic carbocycles. The van der Waals surface area contributed by atoms with E-state index in [1.54, 1.807) is 5.38 Å². The van der Waals surface area contributed by atoms with Crippen LogP contribution in [0.15, 0.2) is 47.8 Å². The van der Waals surface area contributed by atoms with Crippen LogP contribution in [0.5, 0.6) is 0 Å². The number of nitrogens with two attached hydrogens (primary N) is 1. The average molecular weight is 282 g/mol. The molecule has 1 aromatic heterocycles. The highest BCUT2D eigenvalue weighted by molar-refractivity contribution is 7.09. The summed E-state index contributed by atoms with van der Waals surface area (Å²) in [5.41, 5.74) is 6.95.